The molecule has 0 heterocycles. The Morgan fingerprint density at radius 2 is 1.69 bits per heavy atom. The Kier molecular flexibility index (Phi) is 4.07. The van der Waals surface area contributed by atoms with E-state index in [4.69, 9.17) is 11.8 Å². The number of hydrogen-bond acceptors (Lipinski definition) is 1. The molecule has 16 heavy (non-hydrogen) atoms. The van der Waals surface area contributed by atoms with E-state index in [1.807, 2.05) is 36.4 Å². The van der Waals surface area contributed by atoms with Crippen molar-refractivity contribution < 1.29 is 0 Å². The van der Waals surface area contributed by atoms with Gasteiger partial charge in [-0.1, -0.05) is 30.3 Å². The molecule has 0 aliphatic heterocycles. The average Bonchev–Trinajstić information content (AvgIpc) is 2.31. The van der Waals surface area contributed by atoms with Crippen LogP contribution in [0, 0.1) is 17.9 Å². The molecule has 0 aliphatic carbocycles. The van der Waals surface area contributed by atoms with Gasteiger partial charge in [-0.15, -0.1) is 0 Å². The quantitative estimate of drug-likeness (QED) is 0.535. The smallest absolute Gasteiger partial charge is 0.163 e. The van der Waals surface area contributed by atoms with E-state index in [1.165, 1.54) is 0 Å². The fourth-order valence-electron chi connectivity index (χ4n) is 1.24. The highest BCUT2D eigenvalue weighted by Crippen LogP contribution is 2.11. The second-order valence-electron chi connectivity index (χ2n) is 3.50. The van der Waals surface area contributed by atoms with Crippen LogP contribution in [0.5, 0.6) is 0 Å². The first-order valence-corrected chi connectivity index (χ1v) is 4.90. The molecule has 0 atom stereocenters. The molecule has 1 aromatic carbocycles. The summed E-state index contributed by atoms with van der Waals surface area (Å²) in [6, 6.07) is 9.82. The molecule has 1 rings (SSSR count). The molecule has 0 bridgehead atoms. The SMILES string of the molecule is [C-]#[N+]C(C)=Cc1ccc(C=C(C)C#N)cc1. The number of allylic oxidation sites excluding steroid dienone is 2. The van der Waals surface area contributed by atoms with Crippen LogP contribution < -0.4 is 0 Å². The first-order valence-electron chi connectivity index (χ1n) is 4.90. The molecule has 0 spiro atoms. The minimum atomic E-state index is 0.663. The summed E-state index contributed by atoms with van der Waals surface area (Å²) in [6.07, 6.45) is 3.66. The summed E-state index contributed by atoms with van der Waals surface area (Å²) in [7, 11) is 0. The molecule has 0 aromatic heterocycles. The van der Waals surface area contributed by atoms with Crippen molar-refractivity contribution >= 4 is 12.2 Å². The molecular weight excluding hydrogens is 196 g/mol. The van der Waals surface area contributed by atoms with E-state index in [2.05, 4.69) is 10.9 Å². The maximum atomic E-state index is 8.64. The first kappa shape index (κ1) is 11.8. The van der Waals surface area contributed by atoms with Gasteiger partial charge in [0.05, 0.1) is 12.6 Å². The van der Waals surface area contributed by atoms with Crippen molar-refractivity contribution in [2.24, 2.45) is 0 Å². The standard InChI is InChI=1S/C14H12N2/c1-11(10-15)8-13-4-6-14(7-5-13)9-12(2)16-3/h4-9H,1-2H3. The lowest BCUT2D eigenvalue weighted by Crippen LogP contribution is -1.77. The van der Waals surface area contributed by atoms with Gasteiger partial charge in [-0.3, -0.25) is 0 Å². The van der Waals surface area contributed by atoms with Gasteiger partial charge in [0, 0.05) is 5.57 Å². The Morgan fingerprint density at radius 3 is 2.12 bits per heavy atom. The van der Waals surface area contributed by atoms with Crippen molar-refractivity contribution in [1.82, 2.24) is 0 Å². The van der Waals surface area contributed by atoms with E-state index in [1.54, 1.807) is 13.8 Å². The predicted octanol–water partition coefficient (Wildman–Crippen LogP) is 3.89. The third-order valence-corrected chi connectivity index (χ3v) is 2.05. The summed E-state index contributed by atoms with van der Waals surface area (Å²) in [6.45, 7) is 10.4. The van der Waals surface area contributed by atoms with Gasteiger partial charge in [-0.05, 0) is 31.1 Å². The fourth-order valence-corrected chi connectivity index (χ4v) is 1.24. The van der Waals surface area contributed by atoms with Gasteiger partial charge in [-0.2, -0.15) is 5.26 Å². The Morgan fingerprint density at radius 1 is 1.19 bits per heavy atom. The van der Waals surface area contributed by atoms with Crippen molar-refractivity contribution in [2.75, 3.05) is 0 Å². The van der Waals surface area contributed by atoms with Crippen LogP contribution in [0.1, 0.15) is 25.0 Å². The van der Waals surface area contributed by atoms with Crippen LogP contribution in [0.4, 0.5) is 0 Å². The number of rotatable bonds is 2. The number of nitrogens with zero attached hydrogens (tertiary/aromatic N) is 2. The molecule has 0 saturated heterocycles. The Labute approximate surface area is 96.0 Å². The first-order chi connectivity index (χ1) is 7.65. The van der Waals surface area contributed by atoms with Crippen molar-refractivity contribution in [2.45, 2.75) is 13.8 Å². The lowest BCUT2D eigenvalue weighted by molar-refractivity contribution is 1.45. The molecule has 0 radical (unpaired) electrons. The van der Waals surface area contributed by atoms with E-state index in [0.717, 1.165) is 11.1 Å². The van der Waals surface area contributed by atoms with E-state index in [0.29, 0.717) is 11.3 Å². The van der Waals surface area contributed by atoms with E-state index in [-0.39, 0.29) is 0 Å². The van der Waals surface area contributed by atoms with Crippen LogP contribution in [0.2, 0.25) is 0 Å². The Bertz CT molecular complexity index is 456. The van der Waals surface area contributed by atoms with Gasteiger partial charge in [-0.25, -0.2) is 4.85 Å². The zero-order valence-electron chi connectivity index (χ0n) is 9.36. The van der Waals surface area contributed by atoms with Crippen molar-refractivity contribution in [3.63, 3.8) is 0 Å². The Balaban J connectivity index is 2.94. The highest BCUT2D eigenvalue weighted by Gasteiger charge is 1.92. The summed E-state index contributed by atoms with van der Waals surface area (Å²) in [4.78, 5) is 3.32. The summed E-state index contributed by atoms with van der Waals surface area (Å²) >= 11 is 0. The molecule has 78 valence electrons. The molecule has 1 aromatic rings. The molecule has 2 heteroatoms. The largest absolute Gasteiger partial charge is 0.243 e. The van der Waals surface area contributed by atoms with Crippen molar-refractivity contribution in [3.05, 3.63) is 58.1 Å². The summed E-state index contributed by atoms with van der Waals surface area (Å²) < 4.78 is 0. The number of benzene rings is 1. The summed E-state index contributed by atoms with van der Waals surface area (Å²) in [5.74, 6) is 0. The molecule has 0 saturated carbocycles. The molecular formula is C14H12N2. The van der Waals surface area contributed by atoms with E-state index in [9.17, 15) is 0 Å². The van der Waals surface area contributed by atoms with Crippen LogP contribution in [-0.4, -0.2) is 0 Å². The van der Waals surface area contributed by atoms with Gasteiger partial charge >= 0.3 is 0 Å². The monoisotopic (exact) mass is 208 g/mol. The van der Waals surface area contributed by atoms with Crippen LogP contribution in [0.15, 0.2) is 35.5 Å². The van der Waals surface area contributed by atoms with Gasteiger partial charge in [0.15, 0.2) is 5.70 Å². The molecule has 0 N–H and O–H groups in total. The lowest BCUT2D eigenvalue weighted by Gasteiger charge is -1.96. The highest BCUT2D eigenvalue weighted by molar-refractivity contribution is 5.60. The third kappa shape index (κ3) is 3.44. The fraction of sp³-hybridized carbons (Fsp3) is 0.143. The highest BCUT2D eigenvalue weighted by atomic mass is 14.6. The second-order valence-corrected chi connectivity index (χ2v) is 3.50. The minimum Gasteiger partial charge on any atom is -0.243 e. The van der Waals surface area contributed by atoms with E-state index < -0.39 is 0 Å². The lowest BCUT2D eigenvalue weighted by atomic mass is 10.1. The molecule has 0 fully saturated rings. The van der Waals surface area contributed by atoms with Gasteiger partial charge in [0.25, 0.3) is 0 Å². The summed E-state index contributed by atoms with van der Waals surface area (Å²) in [5.41, 5.74) is 3.34. The molecule has 0 aliphatic rings. The van der Waals surface area contributed by atoms with E-state index >= 15 is 0 Å². The average molecular weight is 208 g/mol. The van der Waals surface area contributed by atoms with Crippen LogP contribution in [0.25, 0.3) is 17.0 Å². The minimum absolute atomic E-state index is 0.663. The van der Waals surface area contributed by atoms with Crippen LogP contribution in [0.3, 0.4) is 0 Å². The summed E-state index contributed by atoms with van der Waals surface area (Å²) in [5, 5.41) is 8.64. The zero-order valence-corrected chi connectivity index (χ0v) is 9.36. The third-order valence-electron chi connectivity index (χ3n) is 2.05. The maximum absolute atomic E-state index is 8.64. The van der Waals surface area contributed by atoms with Crippen LogP contribution >= 0.6 is 0 Å². The van der Waals surface area contributed by atoms with Gasteiger partial charge in [0.1, 0.15) is 0 Å². The molecule has 0 unspecified atom stereocenters. The van der Waals surface area contributed by atoms with Gasteiger partial charge in [0.2, 0.25) is 0 Å². The number of nitriles is 1. The molecule has 2 nitrogen and oxygen atoms in total. The number of hydrogen-bond donors (Lipinski definition) is 0. The topological polar surface area (TPSA) is 28.1 Å². The normalized spacial score (nSPS) is 11.8. The molecule has 0 amide bonds. The zero-order chi connectivity index (χ0) is 12.0. The Hall–Kier alpha value is -2.32. The van der Waals surface area contributed by atoms with Gasteiger partial charge < -0.3 is 0 Å². The maximum Gasteiger partial charge on any atom is 0.163 e. The second kappa shape index (κ2) is 5.53. The van der Waals surface area contributed by atoms with Crippen molar-refractivity contribution in [1.29, 1.82) is 5.26 Å². The van der Waals surface area contributed by atoms with Crippen molar-refractivity contribution in [3.8, 4) is 6.07 Å². The predicted molar refractivity (Wildman–Crippen MR) is 66.0 cm³/mol. The van der Waals surface area contributed by atoms with Crippen LogP contribution in [-0.2, 0) is 0 Å².